The molecule has 0 aromatic heterocycles. The van der Waals surface area contributed by atoms with Crippen LogP contribution in [0, 0.1) is 6.92 Å². The van der Waals surface area contributed by atoms with Crippen LogP contribution in [-0.2, 0) is 0 Å². The highest BCUT2D eigenvalue weighted by molar-refractivity contribution is 9.10. The summed E-state index contributed by atoms with van der Waals surface area (Å²) < 4.78 is 0.669. The molecule has 2 N–H and O–H groups in total. The maximum Gasteiger partial charge on any atom is 0.337 e. The van der Waals surface area contributed by atoms with Crippen LogP contribution in [0.25, 0.3) is 0 Å². The van der Waals surface area contributed by atoms with E-state index in [-0.39, 0.29) is 11.3 Å². The Labute approximate surface area is 134 Å². The number of nitrogens with one attached hydrogen (secondary N) is 1. The van der Waals surface area contributed by atoms with E-state index in [0.29, 0.717) is 15.1 Å². The highest BCUT2D eigenvalue weighted by atomic mass is 79.9. The van der Waals surface area contributed by atoms with Crippen molar-refractivity contribution in [2.45, 2.75) is 6.92 Å². The molecule has 0 aliphatic carbocycles. The highest BCUT2D eigenvalue weighted by Crippen LogP contribution is 2.22. The van der Waals surface area contributed by atoms with Crippen LogP contribution in [0.3, 0.4) is 0 Å². The fraction of sp³-hybridized carbons (Fsp3) is 0.0667. The van der Waals surface area contributed by atoms with E-state index in [9.17, 15) is 14.7 Å². The lowest BCUT2D eigenvalue weighted by Crippen LogP contribution is -2.15. The predicted molar refractivity (Wildman–Crippen MR) is 85.2 cm³/mol. The molecule has 4 nitrogen and oxygen atoms in total. The Hall–Kier alpha value is -1.85. The smallest absolute Gasteiger partial charge is 0.337 e. The van der Waals surface area contributed by atoms with Gasteiger partial charge in [0.2, 0.25) is 0 Å². The van der Waals surface area contributed by atoms with E-state index in [4.69, 9.17) is 11.6 Å². The number of hydrogen-bond donors (Lipinski definition) is 2. The molecule has 2 aromatic carbocycles. The Kier molecular flexibility index (Phi) is 4.65. The Morgan fingerprint density at radius 2 is 1.90 bits per heavy atom. The number of carbonyl (C=O) groups is 2. The minimum atomic E-state index is -1.10. The van der Waals surface area contributed by atoms with Crippen LogP contribution in [0.15, 0.2) is 40.9 Å². The average Bonchev–Trinajstić information content (AvgIpc) is 2.39. The number of aromatic carboxylic acids is 1. The van der Waals surface area contributed by atoms with Gasteiger partial charge in [-0.15, -0.1) is 0 Å². The molecule has 0 unspecified atom stereocenters. The van der Waals surface area contributed by atoms with Crippen LogP contribution in [0.2, 0.25) is 5.02 Å². The van der Waals surface area contributed by atoms with Gasteiger partial charge in [-0.25, -0.2) is 4.79 Å². The zero-order valence-electron chi connectivity index (χ0n) is 11.0. The highest BCUT2D eigenvalue weighted by Gasteiger charge is 2.14. The molecule has 0 bridgehead atoms. The lowest BCUT2D eigenvalue weighted by atomic mass is 10.1. The third kappa shape index (κ3) is 3.83. The molecule has 0 aliphatic heterocycles. The molecule has 1 amide bonds. The van der Waals surface area contributed by atoms with Gasteiger partial charge in [0.1, 0.15) is 0 Å². The van der Waals surface area contributed by atoms with Gasteiger partial charge in [0.05, 0.1) is 11.3 Å². The quantitative estimate of drug-likeness (QED) is 0.846. The van der Waals surface area contributed by atoms with Crippen LogP contribution in [-0.4, -0.2) is 17.0 Å². The zero-order chi connectivity index (χ0) is 15.6. The van der Waals surface area contributed by atoms with Gasteiger partial charge in [-0.05, 0) is 37.3 Å². The van der Waals surface area contributed by atoms with Crippen LogP contribution in [0.5, 0.6) is 0 Å². The normalized spacial score (nSPS) is 10.2. The molecule has 0 atom stereocenters. The number of halogens is 2. The Morgan fingerprint density at radius 3 is 2.52 bits per heavy atom. The summed E-state index contributed by atoms with van der Waals surface area (Å²) in [6.07, 6.45) is 0. The number of carboxylic acid groups (broad SMARTS) is 1. The van der Waals surface area contributed by atoms with Crippen LogP contribution in [0.1, 0.15) is 26.3 Å². The molecule has 108 valence electrons. The SMILES string of the molecule is Cc1ccc(NC(=O)c2cc(Cl)cc(Br)c2)c(C(=O)O)c1. The van der Waals surface area contributed by atoms with E-state index >= 15 is 0 Å². The lowest BCUT2D eigenvalue weighted by Gasteiger charge is -2.10. The molecule has 0 saturated carbocycles. The van der Waals surface area contributed by atoms with E-state index in [2.05, 4.69) is 21.2 Å². The van der Waals surface area contributed by atoms with Gasteiger partial charge in [0, 0.05) is 15.1 Å². The number of hydrogen-bond acceptors (Lipinski definition) is 2. The molecular weight excluding hydrogens is 358 g/mol. The van der Waals surface area contributed by atoms with E-state index in [0.717, 1.165) is 5.56 Å². The Bertz CT molecular complexity index is 711. The number of carboxylic acids is 1. The molecule has 0 aliphatic rings. The first kappa shape index (κ1) is 15.5. The average molecular weight is 369 g/mol. The van der Waals surface area contributed by atoms with E-state index in [1.165, 1.54) is 12.1 Å². The van der Waals surface area contributed by atoms with E-state index < -0.39 is 11.9 Å². The fourth-order valence-electron chi connectivity index (χ4n) is 1.82. The number of amides is 1. The van der Waals surface area contributed by atoms with Crippen molar-refractivity contribution in [1.82, 2.24) is 0 Å². The number of carbonyl (C=O) groups excluding carboxylic acids is 1. The second kappa shape index (κ2) is 6.28. The summed E-state index contributed by atoms with van der Waals surface area (Å²) in [5, 5.41) is 12.2. The van der Waals surface area contributed by atoms with Crippen molar-refractivity contribution >= 4 is 45.1 Å². The number of rotatable bonds is 3. The molecule has 2 rings (SSSR count). The summed E-state index contributed by atoms with van der Waals surface area (Å²) in [7, 11) is 0. The second-order valence-electron chi connectivity index (χ2n) is 4.47. The molecule has 0 saturated heterocycles. The number of benzene rings is 2. The van der Waals surface area contributed by atoms with Crippen molar-refractivity contribution in [2.75, 3.05) is 5.32 Å². The molecule has 0 spiro atoms. The van der Waals surface area contributed by atoms with Crippen molar-refractivity contribution in [3.8, 4) is 0 Å². The largest absolute Gasteiger partial charge is 0.478 e. The summed E-state index contributed by atoms with van der Waals surface area (Å²) in [4.78, 5) is 23.4. The molecule has 2 aromatic rings. The summed E-state index contributed by atoms with van der Waals surface area (Å²) in [5.41, 5.74) is 1.43. The maximum absolute atomic E-state index is 12.2. The number of aryl methyl sites for hydroxylation is 1. The monoisotopic (exact) mass is 367 g/mol. The summed E-state index contributed by atoms with van der Waals surface area (Å²) >= 11 is 9.15. The Morgan fingerprint density at radius 1 is 1.19 bits per heavy atom. The Balaban J connectivity index is 2.33. The predicted octanol–water partition coefficient (Wildman–Crippen LogP) is 4.36. The van der Waals surface area contributed by atoms with Crippen LogP contribution in [0.4, 0.5) is 5.69 Å². The van der Waals surface area contributed by atoms with E-state index in [1.54, 1.807) is 31.2 Å². The van der Waals surface area contributed by atoms with Crippen molar-refractivity contribution in [2.24, 2.45) is 0 Å². The van der Waals surface area contributed by atoms with Gasteiger partial charge in [-0.3, -0.25) is 4.79 Å². The lowest BCUT2D eigenvalue weighted by molar-refractivity contribution is 0.0698. The summed E-state index contributed by atoms with van der Waals surface area (Å²) in [6, 6.07) is 9.58. The molecule has 0 fully saturated rings. The fourth-order valence-corrected chi connectivity index (χ4v) is 2.68. The van der Waals surface area contributed by atoms with Crippen LogP contribution >= 0.6 is 27.5 Å². The second-order valence-corrected chi connectivity index (χ2v) is 5.82. The standard InChI is InChI=1S/C15H11BrClNO3/c1-8-2-3-13(12(4-8)15(20)21)18-14(19)9-5-10(16)7-11(17)6-9/h2-7H,1H3,(H,18,19)(H,20,21). The minimum Gasteiger partial charge on any atom is -0.478 e. The van der Waals surface area contributed by atoms with Crippen molar-refractivity contribution in [1.29, 1.82) is 0 Å². The van der Waals surface area contributed by atoms with Crippen molar-refractivity contribution in [3.05, 3.63) is 62.6 Å². The van der Waals surface area contributed by atoms with Gasteiger partial charge < -0.3 is 10.4 Å². The summed E-state index contributed by atoms with van der Waals surface area (Å²) in [5.74, 6) is -1.52. The first-order valence-electron chi connectivity index (χ1n) is 5.98. The van der Waals surface area contributed by atoms with Crippen molar-refractivity contribution < 1.29 is 14.7 Å². The first-order chi connectivity index (χ1) is 9.86. The third-order valence-corrected chi connectivity index (χ3v) is 3.45. The van der Waals surface area contributed by atoms with Gasteiger partial charge in [-0.2, -0.15) is 0 Å². The maximum atomic E-state index is 12.2. The van der Waals surface area contributed by atoms with Gasteiger partial charge in [-0.1, -0.05) is 39.2 Å². The molecule has 0 radical (unpaired) electrons. The van der Waals surface area contributed by atoms with Gasteiger partial charge in [0.25, 0.3) is 5.91 Å². The third-order valence-electron chi connectivity index (χ3n) is 2.78. The van der Waals surface area contributed by atoms with Crippen LogP contribution < -0.4 is 5.32 Å². The first-order valence-corrected chi connectivity index (χ1v) is 7.15. The van der Waals surface area contributed by atoms with Gasteiger partial charge >= 0.3 is 5.97 Å². The van der Waals surface area contributed by atoms with E-state index in [1.807, 2.05) is 0 Å². The van der Waals surface area contributed by atoms with Crippen molar-refractivity contribution in [3.63, 3.8) is 0 Å². The molecule has 0 heterocycles. The zero-order valence-corrected chi connectivity index (χ0v) is 13.3. The number of anilines is 1. The minimum absolute atomic E-state index is 0.0458. The molecule has 21 heavy (non-hydrogen) atoms. The summed E-state index contributed by atoms with van der Waals surface area (Å²) in [6.45, 7) is 1.78. The molecule has 6 heteroatoms. The topological polar surface area (TPSA) is 66.4 Å². The molecular formula is C15H11BrClNO3. The van der Waals surface area contributed by atoms with Gasteiger partial charge in [0.15, 0.2) is 0 Å².